The van der Waals surface area contributed by atoms with Crippen LogP contribution < -0.4 is 16.0 Å². The molecule has 1 fully saturated rings. The Morgan fingerprint density at radius 3 is 2.72 bits per heavy atom. The van der Waals surface area contributed by atoms with Crippen LogP contribution in [0.15, 0.2) is 36.4 Å². The highest BCUT2D eigenvalue weighted by atomic mass is 16.6. The van der Waals surface area contributed by atoms with Gasteiger partial charge in [0.15, 0.2) is 0 Å². The van der Waals surface area contributed by atoms with Crippen molar-refractivity contribution in [3.05, 3.63) is 46.5 Å². The lowest BCUT2D eigenvalue weighted by atomic mass is 10.1. The smallest absolute Gasteiger partial charge is 0.292 e. The minimum atomic E-state index is -0.482. The largest absolute Gasteiger partial charge is 0.393 e. The van der Waals surface area contributed by atoms with Gasteiger partial charge in [-0.1, -0.05) is 0 Å². The van der Waals surface area contributed by atoms with Crippen molar-refractivity contribution in [3.63, 3.8) is 0 Å². The van der Waals surface area contributed by atoms with Gasteiger partial charge >= 0.3 is 0 Å². The lowest BCUT2D eigenvalue weighted by Gasteiger charge is -2.29. The van der Waals surface area contributed by atoms with Crippen LogP contribution in [-0.4, -0.2) is 41.1 Å². The highest BCUT2D eigenvalue weighted by molar-refractivity contribution is 5.83. The molecule has 0 saturated carbocycles. The zero-order valence-electron chi connectivity index (χ0n) is 13.5. The molecule has 1 aromatic heterocycles. The first-order valence-corrected chi connectivity index (χ1v) is 8.11. The maximum atomic E-state index is 11.1. The standard InChI is InChI=1S/C17H18N6O2/c18-13-3-1-11(9-16(13)23(24)25)17-20-14-4-2-12(10-15(14)21-17)22-7-5-19-6-8-22/h1-4,9-10,19H,5-8,18H2,(H,20,21). The monoisotopic (exact) mass is 338 g/mol. The number of nitrogens with one attached hydrogen (secondary N) is 2. The van der Waals surface area contributed by atoms with Crippen LogP contribution in [0.25, 0.3) is 22.4 Å². The fraction of sp³-hybridized carbons (Fsp3) is 0.235. The van der Waals surface area contributed by atoms with Crippen LogP contribution in [0.3, 0.4) is 0 Å². The summed E-state index contributed by atoms with van der Waals surface area (Å²) in [5, 5.41) is 14.4. The minimum absolute atomic E-state index is 0.112. The van der Waals surface area contributed by atoms with Crippen molar-refractivity contribution in [2.24, 2.45) is 0 Å². The molecule has 0 amide bonds. The van der Waals surface area contributed by atoms with Crippen molar-refractivity contribution in [2.45, 2.75) is 0 Å². The summed E-state index contributed by atoms with van der Waals surface area (Å²) in [5.41, 5.74) is 9.22. The van der Waals surface area contributed by atoms with Crippen LogP contribution in [0.4, 0.5) is 17.1 Å². The molecule has 0 radical (unpaired) electrons. The molecule has 1 saturated heterocycles. The number of benzene rings is 2. The molecule has 4 rings (SSSR count). The SMILES string of the molecule is Nc1ccc(-c2nc3ccc(N4CCNCC4)cc3[nH]2)cc1[N+](=O)[O-]. The summed E-state index contributed by atoms with van der Waals surface area (Å²) in [6.45, 7) is 3.88. The predicted octanol–water partition coefficient (Wildman–Crippen LogP) is 2.13. The van der Waals surface area contributed by atoms with Crippen LogP contribution in [0, 0.1) is 10.1 Å². The Bertz CT molecular complexity index is 945. The number of piperazine rings is 1. The lowest BCUT2D eigenvalue weighted by Crippen LogP contribution is -2.43. The summed E-state index contributed by atoms with van der Waals surface area (Å²) in [5.74, 6) is 0.593. The molecule has 0 unspecified atom stereocenters. The second kappa shape index (κ2) is 6.06. The number of nitrogens with two attached hydrogens (primary N) is 1. The van der Waals surface area contributed by atoms with Gasteiger partial charge in [0.1, 0.15) is 11.5 Å². The number of anilines is 2. The van der Waals surface area contributed by atoms with Gasteiger partial charge in [-0.05, 0) is 30.3 Å². The first-order chi connectivity index (χ1) is 12.1. The fourth-order valence-electron chi connectivity index (χ4n) is 3.10. The Morgan fingerprint density at radius 1 is 1.16 bits per heavy atom. The molecule has 8 heteroatoms. The van der Waals surface area contributed by atoms with E-state index in [1.54, 1.807) is 6.07 Å². The van der Waals surface area contributed by atoms with Crippen LogP contribution >= 0.6 is 0 Å². The molecule has 1 aliphatic heterocycles. The van der Waals surface area contributed by atoms with E-state index < -0.39 is 4.92 Å². The number of aromatic amines is 1. The number of imidazole rings is 1. The average Bonchev–Trinajstić information content (AvgIpc) is 3.05. The molecule has 0 spiro atoms. The number of nitro groups is 1. The second-order valence-corrected chi connectivity index (χ2v) is 6.05. The number of fused-ring (bicyclic) bond motifs is 1. The molecular weight excluding hydrogens is 320 g/mol. The Morgan fingerprint density at radius 2 is 1.96 bits per heavy atom. The van der Waals surface area contributed by atoms with Gasteiger partial charge in [-0.15, -0.1) is 0 Å². The molecule has 0 atom stereocenters. The number of H-pyrrole nitrogens is 1. The lowest BCUT2D eigenvalue weighted by molar-refractivity contribution is -0.383. The number of nitro benzene ring substituents is 1. The predicted molar refractivity (Wildman–Crippen MR) is 97.7 cm³/mol. The van der Waals surface area contributed by atoms with E-state index in [9.17, 15) is 10.1 Å². The summed E-state index contributed by atoms with van der Waals surface area (Å²) in [6.07, 6.45) is 0. The third-order valence-electron chi connectivity index (χ3n) is 4.45. The van der Waals surface area contributed by atoms with E-state index in [1.165, 1.54) is 12.1 Å². The molecule has 8 nitrogen and oxygen atoms in total. The maximum Gasteiger partial charge on any atom is 0.292 e. The van der Waals surface area contributed by atoms with Gasteiger partial charge in [-0.2, -0.15) is 0 Å². The molecule has 3 aromatic rings. The normalized spacial score (nSPS) is 14.8. The van der Waals surface area contributed by atoms with Crippen LogP contribution in [0.2, 0.25) is 0 Å². The topological polar surface area (TPSA) is 113 Å². The first-order valence-electron chi connectivity index (χ1n) is 8.11. The molecule has 2 heterocycles. The minimum Gasteiger partial charge on any atom is -0.393 e. The van der Waals surface area contributed by atoms with E-state index >= 15 is 0 Å². The summed E-state index contributed by atoms with van der Waals surface area (Å²) >= 11 is 0. The van der Waals surface area contributed by atoms with E-state index in [2.05, 4.69) is 32.3 Å². The third kappa shape index (κ3) is 2.87. The van der Waals surface area contributed by atoms with Crippen molar-refractivity contribution in [1.82, 2.24) is 15.3 Å². The van der Waals surface area contributed by atoms with Gasteiger partial charge in [0, 0.05) is 43.5 Å². The second-order valence-electron chi connectivity index (χ2n) is 6.05. The zero-order valence-corrected chi connectivity index (χ0v) is 13.5. The highest BCUT2D eigenvalue weighted by Gasteiger charge is 2.16. The summed E-state index contributed by atoms with van der Waals surface area (Å²) in [4.78, 5) is 20.7. The Balaban J connectivity index is 1.71. The van der Waals surface area contributed by atoms with Gasteiger partial charge in [0.2, 0.25) is 0 Å². The molecule has 2 aromatic carbocycles. The molecule has 0 bridgehead atoms. The fourth-order valence-corrected chi connectivity index (χ4v) is 3.10. The van der Waals surface area contributed by atoms with Crippen molar-refractivity contribution in [2.75, 3.05) is 36.8 Å². The van der Waals surface area contributed by atoms with Crippen LogP contribution in [-0.2, 0) is 0 Å². The zero-order chi connectivity index (χ0) is 17.4. The average molecular weight is 338 g/mol. The molecule has 128 valence electrons. The van der Waals surface area contributed by atoms with Gasteiger partial charge in [-0.3, -0.25) is 10.1 Å². The number of hydrogen-bond acceptors (Lipinski definition) is 6. The Kier molecular flexibility index (Phi) is 3.73. The van der Waals surface area contributed by atoms with Gasteiger partial charge < -0.3 is 20.9 Å². The number of nitrogen functional groups attached to an aromatic ring is 1. The molecule has 1 aliphatic rings. The van der Waals surface area contributed by atoms with Gasteiger partial charge in [0.05, 0.1) is 16.0 Å². The Labute approximate surface area is 143 Å². The summed E-state index contributed by atoms with van der Waals surface area (Å²) in [6, 6.07) is 10.8. The number of rotatable bonds is 3. The summed E-state index contributed by atoms with van der Waals surface area (Å²) < 4.78 is 0. The number of aromatic nitrogens is 2. The van der Waals surface area contributed by atoms with Crippen LogP contribution in [0.5, 0.6) is 0 Å². The quantitative estimate of drug-likeness (QED) is 0.383. The maximum absolute atomic E-state index is 11.1. The Hall–Kier alpha value is -3.13. The van der Waals surface area contributed by atoms with E-state index in [0.717, 1.165) is 42.9 Å². The van der Waals surface area contributed by atoms with Crippen molar-refractivity contribution in [3.8, 4) is 11.4 Å². The number of hydrogen-bond donors (Lipinski definition) is 3. The third-order valence-corrected chi connectivity index (χ3v) is 4.45. The van der Waals surface area contributed by atoms with Gasteiger partial charge in [-0.25, -0.2) is 4.98 Å². The first kappa shape index (κ1) is 15.4. The van der Waals surface area contributed by atoms with E-state index in [-0.39, 0.29) is 11.4 Å². The number of nitrogens with zero attached hydrogens (tertiary/aromatic N) is 3. The summed E-state index contributed by atoms with van der Waals surface area (Å²) in [7, 11) is 0. The van der Waals surface area contributed by atoms with Crippen molar-refractivity contribution >= 4 is 28.1 Å². The molecule has 0 aliphatic carbocycles. The van der Waals surface area contributed by atoms with Gasteiger partial charge in [0.25, 0.3) is 5.69 Å². The van der Waals surface area contributed by atoms with Crippen molar-refractivity contribution < 1.29 is 4.92 Å². The molecular formula is C17H18N6O2. The van der Waals surface area contributed by atoms with E-state index in [0.29, 0.717) is 11.4 Å². The van der Waals surface area contributed by atoms with E-state index in [4.69, 9.17) is 5.73 Å². The van der Waals surface area contributed by atoms with Crippen LogP contribution in [0.1, 0.15) is 0 Å². The molecule has 25 heavy (non-hydrogen) atoms. The van der Waals surface area contributed by atoms with Crippen molar-refractivity contribution in [1.29, 1.82) is 0 Å². The van der Waals surface area contributed by atoms with E-state index in [1.807, 2.05) is 6.07 Å². The highest BCUT2D eigenvalue weighted by Crippen LogP contribution is 2.29. The molecule has 4 N–H and O–H groups in total.